The van der Waals surface area contributed by atoms with E-state index < -0.39 is 15.9 Å². The molecule has 1 amide bonds. The van der Waals surface area contributed by atoms with E-state index in [2.05, 4.69) is 13.2 Å². The average Bonchev–Trinajstić information content (AvgIpc) is 2.35. The van der Waals surface area contributed by atoms with Crippen molar-refractivity contribution in [2.75, 3.05) is 6.54 Å². The van der Waals surface area contributed by atoms with Crippen LogP contribution in [0.25, 0.3) is 0 Å². The molecule has 20 heavy (non-hydrogen) atoms. The highest BCUT2D eigenvalue weighted by Gasteiger charge is 2.27. The number of aryl methyl sites for hydroxylation is 1. The maximum absolute atomic E-state index is 12.5. The molecule has 0 atom stereocenters. The van der Waals surface area contributed by atoms with Gasteiger partial charge in [-0.25, -0.2) is 12.7 Å². The van der Waals surface area contributed by atoms with Crippen LogP contribution < -0.4 is 0 Å². The molecule has 1 aromatic carbocycles. The monoisotopic (exact) mass is 293 g/mol. The Labute approximate surface area is 120 Å². The van der Waals surface area contributed by atoms with E-state index in [0.717, 1.165) is 9.87 Å². The van der Waals surface area contributed by atoms with Gasteiger partial charge in [-0.15, -0.1) is 6.58 Å². The van der Waals surface area contributed by atoms with Crippen molar-refractivity contribution in [1.82, 2.24) is 4.31 Å². The molecule has 0 bridgehead atoms. The number of carbonyl (C=O) groups is 1. The van der Waals surface area contributed by atoms with Crippen LogP contribution in [0.2, 0.25) is 0 Å². The van der Waals surface area contributed by atoms with Gasteiger partial charge in [0.1, 0.15) is 0 Å². The van der Waals surface area contributed by atoms with Gasteiger partial charge < -0.3 is 0 Å². The van der Waals surface area contributed by atoms with E-state index >= 15 is 0 Å². The number of carbonyl (C=O) groups excluding carboxylic acids is 1. The van der Waals surface area contributed by atoms with E-state index in [-0.39, 0.29) is 17.9 Å². The fourth-order valence-corrected chi connectivity index (χ4v) is 3.00. The summed E-state index contributed by atoms with van der Waals surface area (Å²) in [4.78, 5) is 12.2. The summed E-state index contributed by atoms with van der Waals surface area (Å²) in [7, 11) is -3.85. The Morgan fingerprint density at radius 3 is 2.30 bits per heavy atom. The van der Waals surface area contributed by atoms with Crippen molar-refractivity contribution in [2.24, 2.45) is 0 Å². The summed E-state index contributed by atoms with van der Waals surface area (Å²) in [6.45, 7) is 10.6. The second kappa shape index (κ2) is 6.52. The summed E-state index contributed by atoms with van der Waals surface area (Å²) in [5.41, 5.74) is 1.57. The first-order chi connectivity index (χ1) is 9.28. The third-order valence-corrected chi connectivity index (χ3v) is 4.44. The molecule has 1 rings (SSSR count). The van der Waals surface area contributed by atoms with E-state index in [1.165, 1.54) is 18.2 Å². The number of amides is 1. The maximum atomic E-state index is 12.5. The summed E-state index contributed by atoms with van der Waals surface area (Å²) < 4.78 is 25.8. The van der Waals surface area contributed by atoms with Crippen molar-refractivity contribution in [3.63, 3.8) is 0 Å². The van der Waals surface area contributed by atoms with E-state index in [4.69, 9.17) is 0 Å². The molecule has 0 N–H and O–H groups in total. The van der Waals surface area contributed by atoms with E-state index in [1.54, 1.807) is 19.1 Å². The number of nitrogens with zero attached hydrogens (tertiary/aromatic N) is 1. The molecule has 0 aromatic heterocycles. The predicted molar refractivity (Wildman–Crippen MR) is 79.7 cm³/mol. The Morgan fingerprint density at radius 1 is 1.30 bits per heavy atom. The molecule has 0 unspecified atom stereocenters. The van der Waals surface area contributed by atoms with E-state index in [9.17, 15) is 13.2 Å². The Morgan fingerprint density at radius 2 is 1.85 bits per heavy atom. The van der Waals surface area contributed by atoms with Gasteiger partial charge in [-0.3, -0.25) is 4.79 Å². The Bertz CT molecular complexity index is 615. The SMILES string of the molecule is C=CCN(C(=O)CC(=C)C)S(=O)(=O)c1ccc(C)cc1. The van der Waals surface area contributed by atoms with E-state index in [0.29, 0.717) is 5.57 Å². The minimum Gasteiger partial charge on any atom is -0.273 e. The molecule has 0 aliphatic carbocycles. The molecule has 108 valence electrons. The number of benzene rings is 1. The second-order valence-electron chi connectivity index (χ2n) is 4.67. The molecular formula is C15H19NO3S. The Kier molecular flexibility index (Phi) is 5.27. The lowest BCUT2D eigenvalue weighted by atomic mass is 10.2. The van der Waals surface area contributed by atoms with Gasteiger partial charge in [0.15, 0.2) is 0 Å². The minimum absolute atomic E-state index is 0.00106. The van der Waals surface area contributed by atoms with Gasteiger partial charge in [0.05, 0.1) is 11.4 Å². The van der Waals surface area contributed by atoms with Crippen LogP contribution in [-0.2, 0) is 14.8 Å². The zero-order valence-corrected chi connectivity index (χ0v) is 12.6. The molecule has 0 radical (unpaired) electrons. The lowest BCUT2D eigenvalue weighted by Crippen LogP contribution is -2.37. The maximum Gasteiger partial charge on any atom is 0.266 e. The largest absolute Gasteiger partial charge is 0.273 e. The molecule has 0 fully saturated rings. The van der Waals surface area contributed by atoms with Gasteiger partial charge in [0, 0.05) is 6.42 Å². The fourth-order valence-electron chi connectivity index (χ4n) is 1.64. The average molecular weight is 293 g/mol. The van der Waals surface area contributed by atoms with Crippen LogP contribution in [0.5, 0.6) is 0 Å². The smallest absolute Gasteiger partial charge is 0.266 e. The Hall–Kier alpha value is -1.88. The first-order valence-corrected chi connectivity index (χ1v) is 7.60. The molecule has 0 heterocycles. The zero-order chi connectivity index (χ0) is 15.3. The first kappa shape index (κ1) is 16.2. The minimum atomic E-state index is -3.85. The van der Waals surface area contributed by atoms with Crippen molar-refractivity contribution in [1.29, 1.82) is 0 Å². The summed E-state index contributed by atoms with van der Waals surface area (Å²) >= 11 is 0. The highest BCUT2D eigenvalue weighted by Crippen LogP contribution is 2.18. The van der Waals surface area contributed by atoms with Crippen molar-refractivity contribution >= 4 is 15.9 Å². The standard InChI is InChI=1S/C15H19NO3S/c1-5-10-16(15(17)11-12(2)3)20(18,19)14-8-6-13(4)7-9-14/h5-9H,1-2,10-11H2,3-4H3. The zero-order valence-electron chi connectivity index (χ0n) is 11.8. The topological polar surface area (TPSA) is 54.5 Å². The van der Waals surface area contributed by atoms with Crippen LogP contribution in [0, 0.1) is 6.92 Å². The summed E-state index contributed by atoms with van der Waals surface area (Å²) in [6.07, 6.45) is 1.39. The van der Waals surface area contributed by atoms with Gasteiger partial charge in [0.2, 0.25) is 5.91 Å². The van der Waals surface area contributed by atoms with Gasteiger partial charge >= 0.3 is 0 Å². The van der Waals surface area contributed by atoms with Gasteiger partial charge in [-0.1, -0.05) is 35.9 Å². The number of rotatable bonds is 6. The van der Waals surface area contributed by atoms with E-state index in [1.807, 2.05) is 6.92 Å². The number of hydrogen-bond acceptors (Lipinski definition) is 3. The van der Waals surface area contributed by atoms with Crippen LogP contribution >= 0.6 is 0 Å². The molecule has 0 spiro atoms. The number of hydrogen-bond donors (Lipinski definition) is 0. The molecule has 1 aromatic rings. The first-order valence-electron chi connectivity index (χ1n) is 6.16. The second-order valence-corrected chi connectivity index (χ2v) is 6.53. The van der Waals surface area contributed by atoms with Crippen molar-refractivity contribution < 1.29 is 13.2 Å². The van der Waals surface area contributed by atoms with Crippen LogP contribution in [0.3, 0.4) is 0 Å². The lowest BCUT2D eigenvalue weighted by molar-refractivity contribution is -0.125. The van der Waals surface area contributed by atoms with Crippen molar-refractivity contribution in [3.05, 3.63) is 54.6 Å². The summed E-state index contributed by atoms with van der Waals surface area (Å²) in [6, 6.07) is 6.38. The highest BCUT2D eigenvalue weighted by atomic mass is 32.2. The number of sulfonamides is 1. The molecular weight excluding hydrogens is 274 g/mol. The van der Waals surface area contributed by atoms with Crippen molar-refractivity contribution in [2.45, 2.75) is 25.2 Å². The summed E-state index contributed by atoms with van der Waals surface area (Å²) in [5.74, 6) is -0.502. The van der Waals surface area contributed by atoms with Crippen LogP contribution in [0.15, 0.2) is 54.0 Å². The molecule has 0 saturated carbocycles. The van der Waals surface area contributed by atoms with Gasteiger partial charge in [-0.05, 0) is 26.0 Å². The molecule has 4 nitrogen and oxygen atoms in total. The van der Waals surface area contributed by atoms with Gasteiger partial charge in [0.25, 0.3) is 10.0 Å². The summed E-state index contributed by atoms with van der Waals surface area (Å²) in [5, 5.41) is 0. The van der Waals surface area contributed by atoms with Crippen LogP contribution in [-0.4, -0.2) is 25.2 Å². The molecule has 5 heteroatoms. The third-order valence-electron chi connectivity index (χ3n) is 2.64. The highest BCUT2D eigenvalue weighted by molar-refractivity contribution is 7.89. The predicted octanol–water partition coefficient (Wildman–Crippen LogP) is 2.66. The normalized spacial score (nSPS) is 10.9. The molecule has 0 saturated heterocycles. The van der Waals surface area contributed by atoms with Gasteiger partial charge in [-0.2, -0.15) is 0 Å². The fraction of sp³-hybridized carbons (Fsp3) is 0.267. The molecule has 0 aliphatic rings. The quantitative estimate of drug-likeness (QED) is 0.758. The lowest BCUT2D eigenvalue weighted by Gasteiger charge is -2.21. The van der Waals surface area contributed by atoms with Crippen LogP contribution in [0.1, 0.15) is 18.9 Å². The third kappa shape index (κ3) is 3.81. The van der Waals surface area contributed by atoms with Crippen LogP contribution in [0.4, 0.5) is 0 Å². The van der Waals surface area contributed by atoms with Crippen molar-refractivity contribution in [3.8, 4) is 0 Å². The Balaban J connectivity index is 3.18. The molecule has 0 aliphatic heterocycles.